The van der Waals surface area contributed by atoms with E-state index in [-0.39, 0.29) is 13.0 Å². The smallest absolute Gasteiger partial charge is 0.337 e. The molecule has 0 radical (unpaired) electrons. The number of esters is 2. The lowest BCUT2D eigenvalue weighted by atomic mass is 10.00. The highest BCUT2D eigenvalue weighted by Crippen LogP contribution is 2.12. The van der Waals surface area contributed by atoms with E-state index < -0.39 is 17.9 Å². The van der Waals surface area contributed by atoms with Crippen molar-refractivity contribution >= 4 is 11.9 Å². The van der Waals surface area contributed by atoms with Crippen LogP contribution in [0.4, 0.5) is 0 Å². The molecule has 5 heteroatoms. The lowest BCUT2D eigenvalue weighted by Crippen LogP contribution is -2.18. The number of methoxy groups -OCH3 is 1. The number of hydrogen-bond donors (Lipinski definition) is 0. The molecule has 19 heavy (non-hydrogen) atoms. The minimum absolute atomic E-state index is 0.248. The van der Waals surface area contributed by atoms with Crippen molar-refractivity contribution in [3.63, 3.8) is 0 Å². The van der Waals surface area contributed by atoms with Crippen LogP contribution >= 0.6 is 0 Å². The van der Waals surface area contributed by atoms with E-state index in [1.165, 1.54) is 7.11 Å². The zero-order valence-electron chi connectivity index (χ0n) is 10.9. The Morgan fingerprint density at radius 3 is 2.42 bits per heavy atom. The van der Waals surface area contributed by atoms with E-state index in [1.54, 1.807) is 31.2 Å². The van der Waals surface area contributed by atoms with Crippen molar-refractivity contribution < 1.29 is 19.1 Å². The van der Waals surface area contributed by atoms with Crippen LogP contribution in [0.15, 0.2) is 24.3 Å². The number of nitriles is 1. The van der Waals surface area contributed by atoms with Crippen molar-refractivity contribution in [2.24, 2.45) is 5.92 Å². The van der Waals surface area contributed by atoms with Crippen molar-refractivity contribution in [3.05, 3.63) is 35.4 Å². The second-order valence-corrected chi connectivity index (χ2v) is 3.83. The molecule has 0 aliphatic rings. The highest BCUT2D eigenvalue weighted by atomic mass is 16.5. The third-order valence-corrected chi connectivity index (χ3v) is 2.54. The molecule has 0 fully saturated rings. The van der Waals surface area contributed by atoms with Gasteiger partial charge in [-0.2, -0.15) is 5.26 Å². The molecule has 0 spiro atoms. The molecule has 1 unspecified atom stereocenters. The fourth-order valence-corrected chi connectivity index (χ4v) is 1.55. The van der Waals surface area contributed by atoms with Crippen LogP contribution in [-0.4, -0.2) is 25.7 Å². The van der Waals surface area contributed by atoms with Gasteiger partial charge in [0.15, 0.2) is 0 Å². The molecule has 5 nitrogen and oxygen atoms in total. The quantitative estimate of drug-likeness (QED) is 0.754. The third-order valence-electron chi connectivity index (χ3n) is 2.54. The molecule has 0 aliphatic carbocycles. The molecular weight excluding hydrogens is 246 g/mol. The normalized spacial score (nSPS) is 11.2. The molecule has 0 aliphatic heterocycles. The summed E-state index contributed by atoms with van der Waals surface area (Å²) in [5.74, 6) is -1.78. The van der Waals surface area contributed by atoms with Gasteiger partial charge in [-0.15, -0.1) is 0 Å². The Labute approximate surface area is 111 Å². The summed E-state index contributed by atoms with van der Waals surface area (Å²) in [5.41, 5.74) is 1.21. The van der Waals surface area contributed by atoms with E-state index >= 15 is 0 Å². The number of rotatable bonds is 5. The van der Waals surface area contributed by atoms with Crippen molar-refractivity contribution in [2.75, 3.05) is 13.7 Å². The van der Waals surface area contributed by atoms with Gasteiger partial charge in [0.2, 0.25) is 0 Å². The Kier molecular flexibility index (Phi) is 5.55. The molecule has 0 bridgehead atoms. The standard InChI is InChI=1S/C14H15NO4/c1-3-19-14(17)12(9-15)8-10-4-6-11(7-5-10)13(16)18-2/h4-7,12H,3,8H2,1-2H3. The van der Waals surface area contributed by atoms with Gasteiger partial charge in [0.25, 0.3) is 0 Å². The highest BCUT2D eigenvalue weighted by Gasteiger charge is 2.19. The van der Waals surface area contributed by atoms with Gasteiger partial charge in [-0.25, -0.2) is 4.79 Å². The first-order valence-corrected chi connectivity index (χ1v) is 5.85. The number of ether oxygens (including phenoxy) is 2. The zero-order valence-corrected chi connectivity index (χ0v) is 10.9. The number of carbonyl (C=O) groups is 2. The van der Waals surface area contributed by atoms with E-state index in [0.29, 0.717) is 5.56 Å². The first-order chi connectivity index (χ1) is 9.12. The van der Waals surface area contributed by atoms with Crippen molar-refractivity contribution in [1.82, 2.24) is 0 Å². The van der Waals surface area contributed by atoms with Crippen molar-refractivity contribution in [3.8, 4) is 6.07 Å². The van der Waals surface area contributed by atoms with Gasteiger partial charge >= 0.3 is 11.9 Å². The minimum Gasteiger partial charge on any atom is -0.465 e. The summed E-state index contributed by atoms with van der Waals surface area (Å²) >= 11 is 0. The van der Waals surface area contributed by atoms with E-state index in [0.717, 1.165) is 5.56 Å². The number of nitrogens with zero attached hydrogens (tertiary/aromatic N) is 1. The molecule has 1 aromatic carbocycles. The molecule has 100 valence electrons. The van der Waals surface area contributed by atoms with Gasteiger partial charge in [0.05, 0.1) is 25.3 Å². The van der Waals surface area contributed by atoms with Gasteiger partial charge in [0.1, 0.15) is 5.92 Å². The first-order valence-electron chi connectivity index (χ1n) is 5.85. The van der Waals surface area contributed by atoms with E-state index in [9.17, 15) is 9.59 Å². The summed E-state index contributed by atoms with van der Waals surface area (Å²) in [5, 5.41) is 8.94. The van der Waals surface area contributed by atoms with Gasteiger partial charge in [-0.1, -0.05) is 12.1 Å². The molecule has 0 saturated heterocycles. The fraction of sp³-hybridized carbons (Fsp3) is 0.357. The molecule has 0 saturated carbocycles. The van der Waals surface area contributed by atoms with E-state index in [4.69, 9.17) is 10.00 Å². The molecule has 0 amide bonds. The second kappa shape index (κ2) is 7.17. The molecular formula is C14H15NO4. The fourth-order valence-electron chi connectivity index (χ4n) is 1.55. The average molecular weight is 261 g/mol. The van der Waals surface area contributed by atoms with Crippen LogP contribution in [0.5, 0.6) is 0 Å². The van der Waals surface area contributed by atoms with Gasteiger partial charge in [-0.05, 0) is 31.0 Å². The molecule has 1 aromatic rings. The Morgan fingerprint density at radius 1 is 1.32 bits per heavy atom. The minimum atomic E-state index is -0.830. The largest absolute Gasteiger partial charge is 0.465 e. The van der Waals surface area contributed by atoms with E-state index in [2.05, 4.69) is 4.74 Å². The maximum absolute atomic E-state index is 11.5. The number of hydrogen-bond acceptors (Lipinski definition) is 5. The SMILES string of the molecule is CCOC(=O)C(C#N)Cc1ccc(C(=O)OC)cc1. The van der Waals surface area contributed by atoms with Crippen LogP contribution in [0, 0.1) is 17.2 Å². The van der Waals surface area contributed by atoms with Crippen LogP contribution in [0.2, 0.25) is 0 Å². The van der Waals surface area contributed by atoms with Crippen LogP contribution in [0.3, 0.4) is 0 Å². The van der Waals surface area contributed by atoms with Gasteiger partial charge in [-0.3, -0.25) is 4.79 Å². The molecule has 0 N–H and O–H groups in total. The molecule has 1 rings (SSSR count). The summed E-state index contributed by atoms with van der Waals surface area (Å²) in [6, 6.07) is 8.49. The Balaban J connectivity index is 2.74. The third kappa shape index (κ3) is 4.11. The number of carbonyl (C=O) groups excluding carboxylic acids is 2. The van der Waals surface area contributed by atoms with Crippen LogP contribution in [0.25, 0.3) is 0 Å². The first kappa shape index (κ1) is 14.7. The lowest BCUT2D eigenvalue weighted by molar-refractivity contribution is -0.145. The van der Waals surface area contributed by atoms with Gasteiger partial charge < -0.3 is 9.47 Å². The summed E-state index contributed by atoms with van der Waals surface area (Å²) in [6.45, 7) is 1.94. The van der Waals surface area contributed by atoms with Crippen molar-refractivity contribution in [1.29, 1.82) is 5.26 Å². The summed E-state index contributed by atoms with van der Waals surface area (Å²) < 4.78 is 9.39. The summed E-state index contributed by atoms with van der Waals surface area (Å²) in [7, 11) is 1.31. The lowest BCUT2D eigenvalue weighted by Gasteiger charge is -2.08. The highest BCUT2D eigenvalue weighted by molar-refractivity contribution is 5.89. The monoisotopic (exact) mass is 261 g/mol. The van der Waals surface area contributed by atoms with Gasteiger partial charge in [0, 0.05) is 0 Å². The molecule has 0 aromatic heterocycles. The van der Waals surface area contributed by atoms with Crippen LogP contribution in [0.1, 0.15) is 22.8 Å². The summed E-state index contributed by atoms with van der Waals surface area (Å²) in [4.78, 5) is 22.7. The van der Waals surface area contributed by atoms with E-state index in [1.807, 2.05) is 6.07 Å². The molecule has 1 atom stereocenters. The maximum Gasteiger partial charge on any atom is 0.337 e. The second-order valence-electron chi connectivity index (χ2n) is 3.83. The topological polar surface area (TPSA) is 76.4 Å². The number of benzene rings is 1. The van der Waals surface area contributed by atoms with Crippen molar-refractivity contribution in [2.45, 2.75) is 13.3 Å². The van der Waals surface area contributed by atoms with Crippen LogP contribution in [-0.2, 0) is 20.7 Å². The van der Waals surface area contributed by atoms with Crippen LogP contribution < -0.4 is 0 Å². The Morgan fingerprint density at radius 2 is 1.95 bits per heavy atom. The zero-order chi connectivity index (χ0) is 14.3. The maximum atomic E-state index is 11.5. The Hall–Kier alpha value is -2.35. The molecule has 0 heterocycles. The predicted octanol–water partition coefficient (Wildman–Crippen LogP) is 1.72. The predicted molar refractivity (Wildman–Crippen MR) is 67.2 cm³/mol. The Bertz CT molecular complexity index is 487. The average Bonchev–Trinajstić information content (AvgIpc) is 2.44. The summed E-state index contributed by atoms with van der Waals surface area (Å²) in [6.07, 6.45) is 0.261.